The highest BCUT2D eigenvalue weighted by atomic mass is 16.5. The predicted molar refractivity (Wildman–Crippen MR) is 105 cm³/mol. The number of nitrogens with zero attached hydrogens (tertiary/aromatic N) is 1. The zero-order chi connectivity index (χ0) is 19.9. The monoisotopic (exact) mass is 388 g/mol. The maximum absolute atomic E-state index is 12.5. The Bertz CT molecular complexity index is 783. The van der Waals surface area contributed by atoms with Crippen LogP contribution in [0.1, 0.15) is 34.6 Å². The minimum atomic E-state index is -0.137. The van der Waals surface area contributed by atoms with E-state index in [1.807, 2.05) is 25.1 Å². The third-order valence-electron chi connectivity index (χ3n) is 4.92. The first-order valence-corrected chi connectivity index (χ1v) is 9.58. The average molecular weight is 388 g/mol. The molecule has 0 radical (unpaired) electrons. The van der Waals surface area contributed by atoms with Crippen LogP contribution in [0.5, 0.6) is 11.5 Å². The summed E-state index contributed by atoms with van der Waals surface area (Å²) < 4.78 is 21.9. The van der Waals surface area contributed by atoms with Crippen molar-refractivity contribution in [2.45, 2.75) is 19.9 Å². The zero-order valence-corrected chi connectivity index (χ0v) is 16.7. The van der Waals surface area contributed by atoms with Crippen LogP contribution in [-0.4, -0.2) is 57.4 Å². The van der Waals surface area contributed by atoms with E-state index in [0.29, 0.717) is 49.2 Å². The molecule has 3 rings (SSSR count). The molecule has 1 aromatic carbocycles. The second-order valence-electron chi connectivity index (χ2n) is 6.61. The summed E-state index contributed by atoms with van der Waals surface area (Å²) in [6, 6.07) is 7.63. The van der Waals surface area contributed by atoms with E-state index in [1.54, 1.807) is 20.1 Å². The molecule has 1 unspecified atom stereocenters. The lowest BCUT2D eigenvalue weighted by Gasteiger charge is -2.35. The number of nitrogens with one attached hydrogen (secondary N) is 1. The summed E-state index contributed by atoms with van der Waals surface area (Å²) in [5.41, 5.74) is 1.62. The number of amides is 1. The lowest BCUT2D eigenvalue weighted by molar-refractivity contribution is 0.0162. The molecule has 1 aliphatic rings. The number of carbonyl (C=O) groups is 1. The molecule has 152 valence electrons. The molecule has 1 N–H and O–H groups in total. The molecule has 7 nitrogen and oxygen atoms in total. The fourth-order valence-corrected chi connectivity index (χ4v) is 3.42. The molecule has 1 atom stereocenters. The van der Waals surface area contributed by atoms with Crippen molar-refractivity contribution in [2.24, 2.45) is 0 Å². The Morgan fingerprint density at radius 1 is 1.25 bits per heavy atom. The van der Waals surface area contributed by atoms with Gasteiger partial charge in [0.1, 0.15) is 5.76 Å². The van der Waals surface area contributed by atoms with Gasteiger partial charge in [-0.05, 0) is 37.6 Å². The molecule has 2 heterocycles. The van der Waals surface area contributed by atoms with E-state index in [2.05, 4.69) is 10.2 Å². The number of rotatable bonds is 8. The number of aryl methyl sites for hydroxylation is 1. The van der Waals surface area contributed by atoms with Crippen molar-refractivity contribution < 1.29 is 23.4 Å². The van der Waals surface area contributed by atoms with Gasteiger partial charge in [0.05, 0.1) is 44.8 Å². The first kappa shape index (κ1) is 20.2. The van der Waals surface area contributed by atoms with Crippen molar-refractivity contribution in [3.8, 4) is 11.5 Å². The van der Waals surface area contributed by atoms with Gasteiger partial charge in [0.2, 0.25) is 0 Å². The van der Waals surface area contributed by atoms with E-state index in [1.165, 1.54) is 6.26 Å². The molecule has 0 aliphatic carbocycles. The normalized spacial score (nSPS) is 15.8. The summed E-state index contributed by atoms with van der Waals surface area (Å²) in [5, 5.41) is 3.05. The fourth-order valence-electron chi connectivity index (χ4n) is 3.42. The van der Waals surface area contributed by atoms with Gasteiger partial charge in [-0.3, -0.25) is 9.69 Å². The molecule has 1 aliphatic heterocycles. The van der Waals surface area contributed by atoms with E-state index in [9.17, 15) is 4.79 Å². The largest absolute Gasteiger partial charge is 0.493 e. The number of carbonyl (C=O) groups excluding carboxylic acids is 1. The lowest BCUT2D eigenvalue weighted by Crippen LogP contribution is -2.43. The van der Waals surface area contributed by atoms with E-state index < -0.39 is 0 Å². The summed E-state index contributed by atoms with van der Waals surface area (Å²) in [6.07, 6.45) is 1.53. The number of morpholine rings is 1. The third-order valence-corrected chi connectivity index (χ3v) is 4.92. The molecule has 7 heteroatoms. The average Bonchev–Trinajstić information content (AvgIpc) is 3.16. The fraction of sp³-hybridized carbons (Fsp3) is 0.476. The molecular weight excluding hydrogens is 360 g/mol. The Kier molecular flexibility index (Phi) is 6.95. The number of furan rings is 1. The van der Waals surface area contributed by atoms with Crippen LogP contribution in [0, 0.1) is 6.92 Å². The van der Waals surface area contributed by atoms with E-state index >= 15 is 0 Å². The summed E-state index contributed by atoms with van der Waals surface area (Å²) >= 11 is 0. The van der Waals surface area contributed by atoms with Crippen LogP contribution < -0.4 is 14.8 Å². The predicted octanol–water partition coefficient (Wildman–Crippen LogP) is 2.80. The van der Waals surface area contributed by atoms with Crippen LogP contribution in [0.15, 0.2) is 34.9 Å². The van der Waals surface area contributed by atoms with Crippen molar-refractivity contribution in [2.75, 3.05) is 46.6 Å². The SMILES string of the molecule is CCOc1ccc(C(CNC(=O)c2ccoc2C)N2CCOCC2)cc1OC. The Hall–Kier alpha value is -2.51. The van der Waals surface area contributed by atoms with Crippen molar-refractivity contribution in [1.29, 1.82) is 0 Å². The summed E-state index contributed by atoms with van der Waals surface area (Å²) in [5.74, 6) is 1.88. The first-order valence-electron chi connectivity index (χ1n) is 9.58. The molecule has 1 amide bonds. The smallest absolute Gasteiger partial charge is 0.254 e. The molecule has 1 aromatic heterocycles. The van der Waals surface area contributed by atoms with Crippen molar-refractivity contribution in [3.63, 3.8) is 0 Å². The summed E-state index contributed by atoms with van der Waals surface area (Å²) in [6.45, 7) is 7.74. The van der Waals surface area contributed by atoms with Crippen LogP contribution in [-0.2, 0) is 4.74 Å². The van der Waals surface area contributed by atoms with Gasteiger partial charge >= 0.3 is 0 Å². The zero-order valence-electron chi connectivity index (χ0n) is 16.7. The van der Waals surface area contributed by atoms with E-state index in [-0.39, 0.29) is 11.9 Å². The van der Waals surface area contributed by atoms with Crippen LogP contribution in [0.4, 0.5) is 0 Å². The molecule has 1 fully saturated rings. The maximum atomic E-state index is 12.5. The number of methoxy groups -OCH3 is 1. The highest BCUT2D eigenvalue weighted by molar-refractivity contribution is 5.95. The van der Waals surface area contributed by atoms with Crippen molar-refractivity contribution in [3.05, 3.63) is 47.4 Å². The molecule has 28 heavy (non-hydrogen) atoms. The van der Waals surface area contributed by atoms with Crippen molar-refractivity contribution >= 4 is 5.91 Å². The quantitative estimate of drug-likeness (QED) is 0.750. The van der Waals surface area contributed by atoms with Gasteiger partial charge in [-0.2, -0.15) is 0 Å². The number of hydrogen-bond donors (Lipinski definition) is 1. The second-order valence-corrected chi connectivity index (χ2v) is 6.61. The summed E-state index contributed by atoms with van der Waals surface area (Å²) in [4.78, 5) is 14.9. The lowest BCUT2D eigenvalue weighted by atomic mass is 10.0. The van der Waals surface area contributed by atoms with Gasteiger partial charge in [0.15, 0.2) is 11.5 Å². The molecule has 0 saturated carbocycles. The van der Waals surface area contributed by atoms with Crippen molar-refractivity contribution in [1.82, 2.24) is 10.2 Å². The number of hydrogen-bond acceptors (Lipinski definition) is 6. The standard InChI is InChI=1S/C21H28N2O5/c1-4-27-19-6-5-16(13-20(19)25-3)18(23-8-11-26-12-9-23)14-22-21(24)17-7-10-28-15(17)2/h5-7,10,13,18H,4,8-9,11-12,14H2,1-3H3,(H,22,24). The minimum absolute atomic E-state index is 0.00429. The van der Waals surface area contributed by atoms with Crippen LogP contribution >= 0.6 is 0 Å². The first-order chi connectivity index (χ1) is 13.6. The Morgan fingerprint density at radius 2 is 2.04 bits per heavy atom. The van der Waals surface area contributed by atoms with Gasteiger partial charge in [0.25, 0.3) is 5.91 Å². The minimum Gasteiger partial charge on any atom is -0.493 e. The third kappa shape index (κ3) is 4.66. The Morgan fingerprint density at radius 3 is 2.68 bits per heavy atom. The van der Waals surface area contributed by atoms with Crippen LogP contribution in [0.3, 0.4) is 0 Å². The molecule has 0 bridgehead atoms. The van der Waals surface area contributed by atoms with Gasteiger partial charge in [-0.1, -0.05) is 6.07 Å². The number of ether oxygens (including phenoxy) is 3. The van der Waals surface area contributed by atoms with Crippen LogP contribution in [0.25, 0.3) is 0 Å². The highest BCUT2D eigenvalue weighted by Gasteiger charge is 2.25. The topological polar surface area (TPSA) is 73.2 Å². The van der Waals surface area contributed by atoms with Gasteiger partial charge in [0, 0.05) is 19.6 Å². The van der Waals surface area contributed by atoms with E-state index in [0.717, 1.165) is 18.7 Å². The molecular formula is C21H28N2O5. The summed E-state index contributed by atoms with van der Waals surface area (Å²) in [7, 11) is 1.63. The molecule has 1 saturated heterocycles. The number of benzene rings is 1. The Balaban J connectivity index is 1.80. The van der Waals surface area contributed by atoms with Gasteiger partial charge in [-0.25, -0.2) is 0 Å². The highest BCUT2D eigenvalue weighted by Crippen LogP contribution is 2.32. The molecule has 0 spiro atoms. The van der Waals surface area contributed by atoms with Gasteiger partial charge < -0.3 is 23.9 Å². The van der Waals surface area contributed by atoms with Gasteiger partial charge in [-0.15, -0.1) is 0 Å². The van der Waals surface area contributed by atoms with E-state index in [4.69, 9.17) is 18.6 Å². The Labute approximate surface area is 165 Å². The van der Waals surface area contributed by atoms with Crippen LogP contribution in [0.2, 0.25) is 0 Å². The second kappa shape index (κ2) is 9.61. The maximum Gasteiger partial charge on any atom is 0.254 e. The molecule has 2 aromatic rings.